The maximum absolute atomic E-state index is 2.48. The molecule has 3 aromatic carbocycles. The topological polar surface area (TPSA) is 3.24 Å². The molecule has 0 fully saturated rings. The van der Waals surface area contributed by atoms with Gasteiger partial charge in [0.2, 0.25) is 0 Å². The molecule has 2 aliphatic rings. The molecule has 150 valence electrons. The average Bonchev–Trinajstić information content (AvgIpc) is 2.96. The quantitative estimate of drug-likeness (QED) is 0.439. The fourth-order valence-electron chi connectivity index (χ4n) is 5.30. The highest BCUT2D eigenvalue weighted by Gasteiger charge is 2.38. The summed E-state index contributed by atoms with van der Waals surface area (Å²) in [5, 5.41) is 0. The van der Waals surface area contributed by atoms with E-state index in [1.807, 2.05) is 0 Å². The number of rotatable bonds is 3. The van der Waals surface area contributed by atoms with Crippen LogP contribution >= 0.6 is 0 Å². The number of fused-ring (bicyclic) bond motifs is 2. The average molecular weight is 392 g/mol. The lowest BCUT2D eigenvalue weighted by Crippen LogP contribution is -2.22. The third-order valence-electron chi connectivity index (χ3n) is 6.63. The zero-order valence-electron chi connectivity index (χ0n) is 18.4. The monoisotopic (exact) mass is 391 g/mol. The van der Waals surface area contributed by atoms with E-state index in [0.717, 1.165) is 12.8 Å². The first-order valence-electron chi connectivity index (χ1n) is 10.9. The maximum Gasteiger partial charge on any atom is 0.0463 e. The van der Waals surface area contributed by atoms with Crippen LogP contribution in [0.25, 0.3) is 5.57 Å². The number of nitrogens with zero attached hydrogens (tertiary/aromatic N) is 1. The van der Waals surface area contributed by atoms with Gasteiger partial charge in [-0.25, -0.2) is 0 Å². The lowest BCUT2D eigenvalue weighted by Gasteiger charge is -2.33. The zero-order chi connectivity index (χ0) is 20.9. The summed E-state index contributed by atoms with van der Waals surface area (Å²) in [5.41, 5.74) is 12.4. The van der Waals surface area contributed by atoms with Crippen LogP contribution in [0.4, 0.5) is 11.4 Å². The SMILES string of the molecule is Cc1cc(C)cc(N(C2=CC3=C(CC2)c2ccccc2C3(C)C)c2ccccc2)c1. The largest absolute Gasteiger partial charge is 0.314 e. The predicted octanol–water partition coefficient (Wildman–Crippen LogP) is 7.86. The highest BCUT2D eigenvalue weighted by molar-refractivity contribution is 5.84. The van der Waals surface area contributed by atoms with E-state index in [4.69, 9.17) is 0 Å². The molecule has 0 saturated heterocycles. The second-order valence-electron chi connectivity index (χ2n) is 9.22. The fraction of sp³-hybridized carbons (Fsp3) is 0.241. The second kappa shape index (κ2) is 7.02. The Balaban J connectivity index is 1.67. The summed E-state index contributed by atoms with van der Waals surface area (Å²) in [6.45, 7) is 9.12. The summed E-state index contributed by atoms with van der Waals surface area (Å²) in [6, 6.07) is 26.6. The van der Waals surface area contributed by atoms with Crippen molar-refractivity contribution in [2.75, 3.05) is 4.90 Å². The van der Waals surface area contributed by atoms with Crippen LogP contribution in [0, 0.1) is 13.8 Å². The summed E-state index contributed by atoms with van der Waals surface area (Å²) in [5.74, 6) is 0. The molecule has 0 spiro atoms. The van der Waals surface area contributed by atoms with Gasteiger partial charge in [-0.15, -0.1) is 0 Å². The highest BCUT2D eigenvalue weighted by Crippen LogP contribution is 2.51. The summed E-state index contributed by atoms with van der Waals surface area (Å²) >= 11 is 0. The molecule has 1 nitrogen and oxygen atoms in total. The van der Waals surface area contributed by atoms with Gasteiger partial charge < -0.3 is 4.90 Å². The van der Waals surface area contributed by atoms with Crippen LogP contribution in [-0.2, 0) is 5.41 Å². The van der Waals surface area contributed by atoms with Crippen molar-refractivity contribution in [1.29, 1.82) is 0 Å². The predicted molar refractivity (Wildman–Crippen MR) is 128 cm³/mol. The first-order chi connectivity index (χ1) is 14.4. The summed E-state index contributed by atoms with van der Waals surface area (Å²) in [7, 11) is 0. The van der Waals surface area contributed by atoms with Crippen molar-refractivity contribution in [3.05, 3.63) is 112 Å². The van der Waals surface area contributed by atoms with Crippen LogP contribution in [0.5, 0.6) is 0 Å². The molecule has 0 unspecified atom stereocenters. The molecule has 3 aromatic rings. The van der Waals surface area contributed by atoms with E-state index in [2.05, 4.69) is 111 Å². The van der Waals surface area contributed by atoms with E-state index >= 15 is 0 Å². The third-order valence-corrected chi connectivity index (χ3v) is 6.63. The first kappa shape index (κ1) is 18.9. The highest BCUT2D eigenvalue weighted by atomic mass is 15.1. The normalized spacial score (nSPS) is 16.7. The van der Waals surface area contributed by atoms with Gasteiger partial charge in [0, 0.05) is 22.5 Å². The zero-order valence-corrected chi connectivity index (χ0v) is 18.4. The molecule has 0 aromatic heterocycles. The molecule has 0 atom stereocenters. The molecular formula is C29H29N. The van der Waals surface area contributed by atoms with Crippen LogP contribution in [0.3, 0.4) is 0 Å². The van der Waals surface area contributed by atoms with Gasteiger partial charge in [-0.2, -0.15) is 0 Å². The number of aryl methyl sites for hydroxylation is 2. The smallest absolute Gasteiger partial charge is 0.0463 e. The van der Waals surface area contributed by atoms with E-state index in [1.54, 1.807) is 0 Å². The third kappa shape index (κ3) is 3.01. The number of allylic oxidation sites excluding steroid dienone is 4. The van der Waals surface area contributed by atoms with Gasteiger partial charge in [-0.1, -0.05) is 62.4 Å². The molecule has 0 heterocycles. The number of hydrogen-bond donors (Lipinski definition) is 0. The first-order valence-corrected chi connectivity index (χ1v) is 10.9. The number of benzene rings is 3. The molecule has 0 radical (unpaired) electrons. The Bertz CT molecular complexity index is 1160. The molecular weight excluding hydrogens is 362 g/mol. The second-order valence-corrected chi connectivity index (χ2v) is 9.22. The van der Waals surface area contributed by atoms with Crippen molar-refractivity contribution in [3.63, 3.8) is 0 Å². The van der Waals surface area contributed by atoms with Gasteiger partial charge in [0.1, 0.15) is 0 Å². The summed E-state index contributed by atoms with van der Waals surface area (Å²) in [4.78, 5) is 2.46. The van der Waals surface area contributed by atoms with Crippen LogP contribution < -0.4 is 4.90 Å². The molecule has 0 bridgehead atoms. The Morgan fingerprint density at radius 1 is 0.733 bits per heavy atom. The van der Waals surface area contributed by atoms with Crippen LogP contribution in [0.1, 0.15) is 48.9 Å². The van der Waals surface area contributed by atoms with Gasteiger partial charge in [-0.3, -0.25) is 0 Å². The Hall–Kier alpha value is -3.06. The minimum absolute atomic E-state index is 0.0441. The van der Waals surface area contributed by atoms with Crippen molar-refractivity contribution in [3.8, 4) is 0 Å². The van der Waals surface area contributed by atoms with E-state index in [0.29, 0.717) is 0 Å². The number of hydrogen-bond acceptors (Lipinski definition) is 1. The Kier molecular flexibility index (Phi) is 4.43. The van der Waals surface area contributed by atoms with E-state index < -0.39 is 0 Å². The van der Waals surface area contributed by atoms with Gasteiger partial charge in [-0.05, 0) is 90.4 Å². The molecule has 0 N–H and O–H groups in total. The van der Waals surface area contributed by atoms with Gasteiger partial charge >= 0.3 is 0 Å². The fourth-order valence-corrected chi connectivity index (χ4v) is 5.30. The van der Waals surface area contributed by atoms with E-state index in [9.17, 15) is 0 Å². The maximum atomic E-state index is 2.48. The van der Waals surface area contributed by atoms with Gasteiger partial charge in [0.25, 0.3) is 0 Å². The summed E-state index contributed by atoms with van der Waals surface area (Å²) in [6.07, 6.45) is 4.62. The minimum Gasteiger partial charge on any atom is -0.314 e. The molecule has 1 heteroatoms. The molecule has 0 saturated carbocycles. The van der Waals surface area contributed by atoms with Gasteiger partial charge in [0.05, 0.1) is 0 Å². The Morgan fingerprint density at radius 3 is 2.13 bits per heavy atom. The Labute approximate surface area is 180 Å². The van der Waals surface area contributed by atoms with E-state index in [-0.39, 0.29) is 5.41 Å². The molecule has 2 aliphatic carbocycles. The van der Waals surface area contributed by atoms with Crippen LogP contribution in [-0.4, -0.2) is 0 Å². The lowest BCUT2D eigenvalue weighted by atomic mass is 9.79. The number of para-hydroxylation sites is 1. The number of anilines is 2. The van der Waals surface area contributed by atoms with Crippen LogP contribution in [0.15, 0.2) is 90.1 Å². The van der Waals surface area contributed by atoms with Crippen LogP contribution in [0.2, 0.25) is 0 Å². The van der Waals surface area contributed by atoms with Crippen molar-refractivity contribution < 1.29 is 0 Å². The molecule has 0 aliphatic heterocycles. The van der Waals surface area contributed by atoms with Crippen molar-refractivity contribution in [2.45, 2.75) is 46.0 Å². The molecule has 0 amide bonds. The Morgan fingerprint density at radius 2 is 1.40 bits per heavy atom. The van der Waals surface area contributed by atoms with Crippen molar-refractivity contribution in [1.82, 2.24) is 0 Å². The lowest BCUT2D eigenvalue weighted by molar-refractivity contribution is 0.648. The summed E-state index contributed by atoms with van der Waals surface area (Å²) < 4.78 is 0. The van der Waals surface area contributed by atoms with Gasteiger partial charge in [0.15, 0.2) is 0 Å². The van der Waals surface area contributed by atoms with Crippen molar-refractivity contribution in [2.24, 2.45) is 0 Å². The minimum atomic E-state index is 0.0441. The standard InChI is InChI=1S/C29H29N/c1-20-16-21(2)18-24(17-20)30(22-10-6-5-7-11-22)23-14-15-26-25-12-8-9-13-27(25)29(3,4)28(26)19-23/h5-13,16-19H,14-15H2,1-4H3. The van der Waals surface area contributed by atoms with Crippen molar-refractivity contribution >= 4 is 16.9 Å². The molecule has 30 heavy (non-hydrogen) atoms. The molecule has 5 rings (SSSR count). The van der Waals surface area contributed by atoms with E-state index in [1.165, 1.54) is 50.5 Å².